The van der Waals surface area contributed by atoms with E-state index < -0.39 is 5.41 Å². The summed E-state index contributed by atoms with van der Waals surface area (Å²) in [6.07, 6.45) is 5.07. The summed E-state index contributed by atoms with van der Waals surface area (Å²) in [5, 5.41) is 2.84. The molecule has 0 atom stereocenters. The van der Waals surface area contributed by atoms with Crippen molar-refractivity contribution in [1.82, 2.24) is 5.32 Å². The molecule has 6 nitrogen and oxygen atoms in total. The highest BCUT2D eigenvalue weighted by atomic mass is 16.6. The van der Waals surface area contributed by atoms with Crippen LogP contribution in [0.4, 0.5) is 0 Å². The van der Waals surface area contributed by atoms with E-state index >= 15 is 0 Å². The summed E-state index contributed by atoms with van der Waals surface area (Å²) >= 11 is 0. The van der Waals surface area contributed by atoms with Gasteiger partial charge >= 0.3 is 5.97 Å². The van der Waals surface area contributed by atoms with Gasteiger partial charge in [0.2, 0.25) is 0 Å². The second kappa shape index (κ2) is 9.86. The van der Waals surface area contributed by atoms with E-state index in [1.807, 2.05) is 36.4 Å². The zero-order valence-corrected chi connectivity index (χ0v) is 17.7. The molecule has 1 amide bonds. The molecule has 0 saturated heterocycles. The van der Waals surface area contributed by atoms with Crippen LogP contribution < -0.4 is 14.8 Å². The van der Waals surface area contributed by atoms with Gasteiger partial charge in [-0.25, -0.2) is 0 Å². The molecule has 4 rings (SSSR count). The topological polar surface area (TPSA) is 73.9 Å². The highest BCUT2D eigenvalue weighted by Gasteiger charge is 2.45. The van der Waals surface area contributed by atoms with Crippen LogP contribution in [0.1, 0.15) is 43.2 Å². The van der Waals surface area contributed by atoms with Crippen molar-refractivity contribution < 1.29 is 23.8 Å². The number of fused-ring (bicyclic) bond motifs is 1. The number of benzene rings is 2. The second-order valence-electron chi connectivity index (χ2n) is 8.16. The van der Waals surface area contributed by atoms with Gasteiger partial charge in [-0.2, -0.15) is 0 Å². The van der Waals surface area contributed by atoms with Gasteiger partial charge in [0.25, 0.3) is 5.91 Å². The van der Waals surface area contributed by atoms with Crippen LogP contribution in [0.5, 0.6) is 11.5 Å². The molecule has 6 heteroatoms. The maximum Gasteiger partial charge on any atom is 0.317 e. The van der Waals surface area contributed by atoms with Crippen molar-refractivity contribution in [2.75, 3.05) is 26.4 Å². The van der Waals surface area contributed by atoms with Crippen molar-refractivity contribution in [2.45, 2.75) is 43.9 Å². The third-order valence-corrected chi connectivity index (χ3v) is 6.08. The van der Waals surface area contributed by atoms with Crippen LogP contribution >= 0.6 is 0 Å². The lowest BCUT2D eigenvalue weighted by Crippen LogP contribution is -2.38. The molecular formula is C25H29NO5. The molecule has 0 radical (unpaired) electrons. The number of nitrogens with one attached hydrogen (secondary N) is 1. The molecule has 2 aliphatic rings. The Morgan fingerprint density at radius 3 is 2.48 bits per heavy atom. The predicted octanol–water partition coefficient (Wildman–Crippen LogP) is 3.56. The lowest BCUT2D eigenvalue weighted by atomic mass is 9.78. The molecule has 2 aromatic rings. The van der Waals surface area contributed by atoms with E-state index in [0.29, 0.717) is 44.1 Å². The first kappa shape index (κ1) is 21.2. The maximum absolute atomic E-state index is 13.1. The summed E-state index contributed by atoms with van der Waals surface area (Å²) in [5.41, 5.74) is 1.40. The van der Waals surface area contributed by atoms with Gasteiger partial charge in [-0.15, -0.1) is 0 Å². The smallest absolute Gasteiger partial charge is 0.317 e. The Hall–Kier alpha value is -3.02. The SMILES string of the molecule is O=C(COC(=O)C1(c2ccc3c(c2)OCCO3)CCCC1)NCCCc1ccccc1. The van der Waals surface area contributed by atoms with Crippen molar-refractivity contribution in [3.8, 4) is 11.5 Å². The molecule has 1 aliphatic carbocycles. The number of rotatable bonds is 8. The Bertz CT molecular complexity index is 905. The van der Waals surface area contributed by atoms with Crippen LogP contribution in [0.25, 0.3) is 0 Å². The molecule has 0 aromatic heterocycles. The zero-order chi connectivity index (χ0) is 21.5. The van der Waals surface area contributed by atoms with Gasteiger partial charge in [-0.05, 0) is 48.9 Å². The minimum Gasteiger partial charge on any atom is -0.486 e. The fourth-order valence-corrected chi connectivity index (χ4v) is 4.42. The lowest BCUT2D eigenvalue weighted by Gasteiger charge is -2.28. The van der Waals surface area contributed by atoms with Gasteiger partial charge in [-0.1, -0.05) is 49.2 Å². The van der Waals surface area contributed by atoms with E-state index in [4.69, 9.17) is 14.2 Å². The first-order valence-corrected chi connectivity index (χ1v) is 11.1. The number of carbonyl (C=O) groups excluding carboxylic acids is 2. The molecule has 1 aliphatic heterocycles. The first-order valence-electron chi connectivity index (χ1n) is 11.1. The molecule has 31 heavy (non-hydrogen) atoms. The highest BCUT2D eigenvalue weighted by Crippen LogP contribution is 2.45. The van der Waals surface area contributed by atoms with Crippen molar-refractivity contribution >= 4 is 11.9 Å². The number of hydrogen-bond acceptors (Lipinski definition) is 5. The molecule has 1 saturated carbocycles. The number of aryl methyl sites for hydroxylation is 1. The quantitative estimate of drug-likeness (QED) is 0.519. The minimum absolute atomic E-state index is 0.253. The molecule has 1 fully saturated rings. The average molecular weight is 424 g/mol. The van der Waals surface area contributed by atoms with Gasteiger partial charge in [-0.3, -0.25) is 9.59 Å². The van der Waals surface area contributed by atoms with Gasteiger partial charge < -0.3 is 19.5 Å². The monoisotopic (exact) mass is 423 g/mol. The molecule has 1 N–H and O–H groups in total. The van der Waals surface area contributed by atoms with Crippen molar-refractivity contribution in [3.63, 3.8) is 0 Å². The fourth-order valence-electron chi connectivity index (χ4n) is 4.42. The third-order valence-electron chi connectivity index (χ3n) is 6.08. The summed E-state index contributed by atoms with van der Waals surface area (Å²) in [4.78, 5) is 25.3. The second-order valence-corrected chi connectivity index (χ2v) is 8.16. The van der Waals surface area contributed by atoms with E-state index in [-0.39, 0.29) is 18.5 Å². The lowest BCUT2D eigenvalue weighted by molar-refractivity contribution is -0.154. The molecule has 164 valence electrons. The number of carbonyl (C=O) groups is 2. The van der Waals surface area contributed by atoms with Crippen molar-refractivity contribution in [2.24, 2.45) is 0 Å². The Morgan fingerprint density at radius 1 is 0.968 bits per heavy atom. The number of amides is 1. The summed E-state index contributed by atoms with van der Waals surface area (Å²) in [6, 6.07) is 15.8. The van der Waals surface area contributed by atoms with E-state index in [2.05, 4.69) is 17.4 Å². The van der Waals surface area contributed by atoms with E-state index in [1.165, 1.54) is 5.56 Å². The van der Waals surface area contributed by atoms with Crippen LogP contribution in [-0.4, -0.2) is 38.2 Å². The van der Waals surface area contributed by atoms with Crippen LogP contribution in [0.3, 0.4) is 0 Å². The van der Waals surface area contributed by atoms with Gasteiger partial charge in [0, 0.05) is 6.54 Å². The van der Waals surface area contributed by atoms with E-state index in [0.717, 1.165) is 31.2 Å². The van der Waals surface area contributed by atoms with Crippen LogP contribution in [-0.2, 0) is 26.2 Å². The summed E-state index contributed by atoms with van der Waals surface area (Å²) < 4.78 is 16.8. The van der Waals surface area contributed by atoms with Gasteiger partial charge in [0.1, 0.15) is 13.2 Å². The third kappa shape index (κ3) is 5.01. The Morgan fingerprint density at radius 2 is 1.71 bits per heavy atom. The van der Waals surface area contributed by atoms with Crippen LogP contribution in [0.15, 0.2) is 48.5 Å². The molecule has 0 bridgehead atoms. The molecule has 0 unspecified atom stereocenters. The van der Waals surface area contributed by atoms with Crippen molar-refractivity contribution in [3.05, 3.63) is 59.7 Å². The highest BCUT2D eigenvalue weighted by molar-refractivity contribution is 5.87. The van der Waals surface area contributed by atoms with Crippen molar-refractivity contribution in [1.29, 1.82) is 0 Å². The summed E-state index contributed by atoms with van der Waals surface area (Å²) in [5.74, 6) is 0.767. The predicted molar refractivity (Wildman–Crippen MR) is 116 cm³/mol. The zero-order valence-electron chi connectivity index (χ0n) is 17.7. The Labute approximate surface area is 182 Å². The first-order chi connectivity index (χ1) is 15.2. The number of esters is 1. The van der Waals surface area contributed by atoms with E-state index in [1.54, 1.807) is 0 Å². The number of ether oxygens (including phenoxy) is 3. The normalized spacial score (nSPS) is 16.5. The number of hydrogen-bond donors (Lipinski definition) is 1. The van der Waals surface area contributed by atoms with Gasteiger partial charge in [0.05, 0.1) is 5.41 Å². The Kier molecular flexibility index (Phi) is 6.75. The molecule has 0 spiro atoms. The molecule has 2 aromatic carbocycles. The standard InChI is InChI=1S/C25H29NO5/c27-23(26-14-6-9-19-7-2-1-3-8-19)18-31-24(28)25(12-4-5-13-25)20-10-11-21-22(17-20)30-16-15-29-21/h1-3,7-8,10-11,17H,4-6,9,12-16,18H2,(H,26,27). The van der Waals surface area contributed by atoms with E-state index in [9.17, 15) is 9.59 Å². The summed E-state index contributed by atoms with van der Waals surface area (Å²) in [6.45, 7) is 1.33. The average Bonchev–Trinajstić information content (AvgIpc) is 3.32. The maximum atomic E-state index is 13.1. The summed E-state index contributed by atoms with van der Waals surface area (Å²) in [7, 11) is 0. The fraction of sp³-hybridized carbons (Fsp3) is 0.440. The molecular weight excluding hydrogens is 394 g/mol. The van der Waals surface area contributed by atoms with Crippen LogP contribution in [0, 0.1) is 0 Å². The van der Waals surface area contributed by atoms with Crippen LogP contribution in [0.2, 0.25) is 0 Å². The Balaban J connectivity index is 1.30. The minimum atomic E-state index is -0.719. The largest absolute Gasteiger partial charge is 0.486 e. The van der Waals surface area contributed by atoms with Gasteiger partial charge in [0.15, 0.2) is 18.1 Å². The molecule has 1 heterocycles.